The van der Waals surface area contributed by atoms with Crippen LogP contribution in [0.2, 0.25) is 0 Å². The molecule has 1 aliphatic carbocycles. The number of aromatic nitrogens is 2. The monoisotopic (exact) mass is 256 g/mol. The third kappa shape index (κ3) is 3.13. The van der Waals surface area contributed by atoms with E-state index < -0.39 is 0 Å². The minimum atomic E-state index is 0.0163. The summed E-state index contributed by atoms with van der Waals surface area (Å²) in [6.07, 6.45) is 3.94. The highest BCUT2D eigenvalue weighted by Gasteiger charge is 2.23. The fraction of sp³-hybridized carbons (Fsp3) is 0.286. The predicted molar refractivity (Wildman–Crippen MR) is 72.8 cm³/mol. The van der Waals surface area contributed by atoms with Crippen molar-refractivity contribution in [2.24, 2.45) is 0 Å². The van der Waals surface area contributed by atoms with Crippen molar-refractivity contribution in [1.29, 1.82) is 0 Å². The fourth-order valence-corrected chi connectivity index (χ4v) is 1.82. The van der Waals surface area contributed by atoms with Crippen LogP contribution in [-0.2, 0) is 6.54 Å². The summed E-state index contributed by atoms with van der Waals surface area (Å²) >= 11 is 0. The minimum Gasteiger partial charge on any atom is -0.379 e. The summed E-state index contributed by atoms with van der Waals surface area (Å²) in [7, 11) is 0. The van der Waals surface area contributed by atoms with Crippen LogP contribution in [0.3, 0.4) is 0 Å². The molecule has 1 aromatic heterocycles. The molecule has 5 nitrogen and oxygen atoms in total. The first-order valence-corrected chi connectivity index (χ1v) is 6.44. The lowest BCUT2D eigenvalue weighted by Gasteiger charge is -2.07. The molecule has 1 aromatic carbocycles. The van der Waals surface area contributed by atoms with Gasteiger partial charge in [-0.05, 0) is 43.2 Å². The molecule has 0 aliphatic heterocycles. The van der Waals surface area contributed by atoms with Gasteiger partial charge in [-0.15, -0.1) is 0 Å². The van der Waals surface area contributed by atoms with Gasteiger partial charge in [-0.25, -0.2) is 0 Å². The number of hydrogen-bond donors (Lipinski definition) is 3. The summed E-state index contributed by atoms with van der Waals surface area (Å²) in [4.78, 5) is 11.8. The highest BCUT2D eigenvalue weighted by molar-refractivity contribution is 5.94. The number of carbonyl (C=O) groups excluding carboxylic acids is 1. The molecular formula is C14H16N4O. The van der Waals surface area contributed by atoms with E-state index in [4.69, 9.17) is 0 Å². The number of aromatic amines is 1. The Bertz CT molecular complexity index is 543. The second-order valence-corrected chi connectivity index (χ2v) is 4.76. The summed E-state index contributed by atoms with van der Waals surface area (Å²) in [5, 5.41) is 13.0. The van der Waals surface area contributed by atoms with E-state index in [0.717, 1.165) is 24.2 Å². The van der Waals surface area contributed by atoms with E-state index in [-0.39, 0.29) is 5.91 Å². The number of rotatable bonds is 5. The Hall–Kier alpha value is -2.30. The molecule has 2 aromatic rings. The van der Waals surface area contributed by atoms with Crippen LogP contribution < -0.4 is 10.6 Å². The van der Waals surface area contributed by atoms with Gasteiger partial charge in [0.05, 0.1) is 12.2 Å². The van der Waals surface area contributed by atoms with E-state index in [0.29, 0.717) is 18.2 Å². The van der Waals surface area contributed by atoms with Gasteiger partial charge < -0.3 is 10.6 Å². The maximum absolute atomic E-state index is 11.8. The molecule has 1 fully saturated rings. The van der Waals surface area contributed by atoms with Gasteiger partial charge in [0.2, 0.25) is 0 Å². The standard InChI is InChI=1S/C14H16N4O/c19-14(17-12-5-6-12)10-1-3-11(4-2-10)15-9-13-7-8-16-18-13/h1-4,7-8,12,15H,5-6,9H2,(H,16,18)(H,17,19). The Morgan fingerprint density at radius 3 is 2.68 bits per heavy atom. The van der Waals surface area contributed by atoms with Crippen molar-refractivity contribution in [2.45, 2.75) is 25.4 Å². The molecule has 19 heavy (non-hydrogen) atoms. The van der Waals surface area contributed by atoms with E-state index in [1.165, 1.54) is 0 Å². The van der Waals surface area contributed by atoms with Crippen LogP contribution in [0.4, 0.5) is 5.69 Å². The van der Waals surface area contributed by atoms with Crippen LogP contribution in [-0.4, -0.2) is 22.1 Å². The van der Waals surface area contributed by atoms with Gasteiger partial charge >= 0.3 is 0 Å². The zero-order valence-electron chi connectivity index (χ0n) is 10.5. The molecule has 0 unspecified atom stereocenters. The highest BCUT2D eigenvalue weighted by atomic mass is 16.1. The second kappa shape index (κ2) is 5.14. The quantitative estimate of drug-likeness (QED) is 0.765. The highest BCUT2D eigenvalue weighted by Crippen LogP contribution is 2.19. The molecule has 0 radical (unpaired) electrons. The molecule has 1 saturated carbocycles. The largest absolute Gasteiger partial charge is 0.379 e. The number of benzene rings is 1. The molecule has 3 rings (SSSR count). The van der Waals surface area contributed by atoms with E-state index in [9.17, 15) is 4.79 Å². The zero-order valence-corrected chi connectivity index (χ0v) is 10.5. The van der Waals surface area contributed by atoms with Crippen LogP contribution >= 0.6 is 0 Å². The Labute approximate surface area is 111 Å². The van der Waals surface area contributed by atoms with E-state index in [1.54, 1.807) is 6.20 Å². The Kier molecular flexibility index (Phi) is 3.18. The average molecular weight is 256 g/mol. The molecule has 98 valence electrons. The Morgan fingerprint density at radius 1 is 1.26 bits per heavy atom. The first-order valence-electron chi connectivity index (χ1n) is 6.44. The number of carbonyl (C=O) groups is 1. The fourth-order valence-electron chi connectivity index (χ4n) is 1.82. The molecule has 1 amide bonds. The number of amides is 1. The lowest BCUT2D eigenvalue weighted by atomic mass is 10.2. The third-order valence-electron chi connectivity index (χ3n) is 3.10. The summed E-state index contributed by atoms with van der Waals surface area (Å²) in [5.74, 6) is 0.0163. The number of H-pyrrole nitrogens is 1. The summed E-state index contributed by atoms with van der Waals surface area (Å²) in [6, 6.07) is 9.83. The minimum absolute atomic E-state index is 0.0163. The van der Waals surface area contributed by atoms with Crippen LogP contribution in [0.1, 0.15) is 28.9 Å². The molecule has 1 heterocycles. The summed E-state index contributed by atoms with van der Waals surface area (Å²) in [5.41, 5.74) is 2.71. The maximum atomic E-state index is 11.8. The number of nitrogens with zero attached hydrogens (tertiary/aromatic N) is 1. The van der Waals surface area contributed by atoms with Gasteiger partial charge in [-0.2, -0.15) is 5.10 Å². The SMILES string of the molecule is O=C(NC1CC1)c1ccc(NCc2ccn[nH]2)cc1. The smallest absolute Gasteiger partial charge is 0.251 e. The molecule has 5 heteroatoms. The summed E-state index contributed by atoms with van der Waals surface area (Å²) < 4.78 is 0. The van der Waals surface area contributed by atoms with Crippen LogP contribution in [0, 0.1) is 0 Å². The Balaban J connectivity index is 1.57. The lowest BCUT2D eigenvalue weighted by molar-refractivity contribution is 0.0951. The molecule has 1 aliphatic rings. The van der Waals surface area contributed by atoms with Gasteiger partial charge in [0.25, 0.3) is 5.91 Å². The topological polar surface area (TPSA) is 69.8 Å². The normalized spacial score (nSPS) is 14.1. The van der Waals surface area contributed by atoms with Crippen LogP contribution in [0.25, 0.3) is 0 Å². The van der Waals surface area contributed by atoms with Crippen molar-refractivity contribution in [2.75, 3.05) is 5.32 Å². The van der Waals surface area contributed by atoms with Gasteiger partial charge in [0, 0.05) is 23.5 Å². The van der Waals surface area contributed by atoms with Crippen molar-refractivity contribution in [1.82, 2.24) is 15.5 Å². The van der Waals surface area contributed by atoms with Gasteiger partial charge in [0.15, 0.2) is 0 Å². The molecule has 3 N–H and O–H groups in total. The van der Waals surface area contributed by atoms with Gasteiger partial charge in [0.1, 0.15) is 0 Å². The molecule has 0 saturated heterocycles. The van der Waals surface area contributed by atoms with Crippen LogP contribution in [0.5, 0.6) is 0 Å². The molecular weight excluding hydrogens is 240 g/mol. The molecule has 0 atom stereocenters. The molecule has 0 bridgehead atoms. The number of hydrogen-bond acceptors (Lipinski definition) is 3. The van der Waals surface area contributed by atoms with E-state index in [1.807, 2.05) is 30.3 Å². The first-order chi connectivity index (χ1) is 9.31. The van der Waals surface area contributed by atoms with E-state index in [2.05, 4.69) is 20.8 Å². The molecule has 0 spiro atoms. The van der Waals surface area contributed by atoms with Crippen molar-refractivity contribution >= 4 is 11.6 Å². The lowest BCUT2D eigenvalue weighted by Crippen LogP contribution is -2.25. The maximum Gasteiger partial charge on any atom is 0.251 e. The average Bonchev–Trinajstić information content (AvgIpc) is 3.09. The van der Waals surface area contributed by atoms with Crippen molar-refractivity contribution < 1.29 is 4.79 Å². The van der Waals surface area contributed by atoms with Crippen molar-refractivity contribution in [3.63, 3.8) is 0 Å². The van der Waals surface area contributed by atoms with Crippen molar-refractivity contribution in [3.8, 4) is 0 Å². The Morgan fingerprint density at radius 2 is 2.05 bits per heavy atom. The first kappa shape index (κ1) is 11.8. The number of nitrogens with one attached hydrogen (secondary N) is 3. The third-order valence-corrected chi connectivity index (χ3v) is 3.10. The summed E-state index contributed by atoms with van der Waals surface area (Å²) in [6.45, 7) is 0.688. The van der Waals surface area contributed by atoms with Gasteiger partial charge in [-0.1, -0.05) is 0 Å². The number of anilines is 1. The van der Waals surface area contributed by atoms with Gasteiger partial charge in [-0.3, -0.25) is 9.89 Å². The van der Waals surface area contributed by atoms with E-state index >= 15 is 0 Å². The van der Waals surface area contributed by atoms with Crippen molar-refractivity contribution in [3.05, 3.63) is 47.8 Å². The second-order valence-electron chi connectivity index (χ2n) is 4.76. The van der Waals surface area contributed by atoms with Crippen LogP contribution in [0.15, 0.2) is 36.5 Å². The predicted octanol–water partition coefficient (Wildman–Crippen LogP) is 1.91. The zero-order chi connectivity index (χ0) is 13.1.